The minimum atomic E-state index is -0.772. The first-order valence-corrected chi connectivity index (χ1v) is 10.3. The molecule has 0 radical (unpaired) electrons. The van der Waals surface area contributed by atoms with Crippen LogP contribution in [0.2, 0.25) is 0 Å². The van der Waals surface area contributed by atoms with Gasteiger partial charge in [0.1, 0.15) is 18.5 Å². The molecule has 1 saturated heterocycles. The van der Waals surface area contributed by atoms with E-state index in [0.717, 1.165) is 42.5 Å². The molecule has 2 amide bonds. The lowest BCUT2D eigenvalue weighted by molar-refractivity contribution is -0.121. The van der Waals surface area contributed by atoms with Crippen LogP contribution < -0.4 is 5.32 Å². The van der Waals surface area contributed by atoms with E-state index < -0.39 is 6.10 Å². The van der Waals surface area contributed by atoms with E-state index in [2.05, 4.69) is 10.3 Å². The Labute approximate surface area is 175 Å². The van der Waals surface area contributed by atoms with Crippen molar-refractivity contribution in [3.05, 3.63) is 65.5 Å². The molecule has 7 heteroatoms. The second-order valence-corrected chi connectivity index (χ2v) is 7.69. The van der Waals surface area contributed by atoms with Crippen molar-refractivity contribution in [2.24, 2.45) is 0 Å². The number of benzene rings is 2. The number of aromatic nitrogens is 2. The van der Waals surface area contributed by atoms with Gasteiger partial charge in [-0.1, -0.05) is 24.3 Å². The molecule has 1 unspecified atom stereocenters. The average molecular weight is 406 g/mol. The predicted octanol–water partition coefficient (Wildman–Crippen LogP) is 2.64. The summed E-state index contributed by atoms with van der Waals surface area (Å²) in [6.45, 7) is 3.74. The zero-order chi connectivity index (χ0) is 21.1. The number of likely N-dealkylation sites (tertiary alicyclic amines) is 1. The smallest absolute Gasteiger partial charge is 0.253 e. The van der Waals surface area contributed by atoms with E-state index in [0.29, 0.717) is 17.9 Å². The predicted molar refractivity (Wildman–Crippen MR) is 114 cm³/mol. The lowest BCUT2D eigenvalue weighted by Gasteiger charge is -2.15. The Balaban J connectivity index is 1.39. The number of fused-ring (bicyclic) bond motifs is 1. The molecular formula is C23H26N4O3. The van der Waals surface area contributed by atoms with Crippen molar-refractivity contribution in [3.8, 4) is 0 Å². The maximum Gasteiger partial charge on any atom is 0.253 e. The van der Waals surface area contributed by atoms with E-state index in [4.69, 9.17) is 0 Å². The van der Waals surface area contributed by atoms with Gasteiger partial charge in [0.15, 0.2) is 0 Å². The largest absolute Gasteiger partial charge is 0.385 e. The average Bonchev–Trinajstić information content (AvgIpc) is 3.41. The van der Waals surface area contributed by atoms with E-state index >= 15 is 0 Å². The molecule has 156 valence electrons. The minimum absolute atomic E-state index is 0.0701. The summed E-state index contributed by atoms with van der Waals surface area (Å²) in [5, 5.41) is 12.9. The van der Waals surface area contributed by atoms with Gasteiger partial charge in [-0.2, -0.15) is 0 Å². The molecule has 7 nitrogen and oxygen atoms in total. The van der Waals surface area contributed by atoms with E-state index in [9.17, 15) is 14.7 Å². The number of para-hydroxylation sites is 2. The summed E-state index contributed by atoms with van der Waals surface area (Å²) in [6, 6.07) is 14.9. The van der Waals surface area contributed by atoms with Crippen molar-refractivity contribution in [1.29, 1.82) is 0 Å². The van der Waals surface area contributed by atoms with Gasteiger partial charge >= 0.3 is 0 Å². The third kappa shape index (κ3) is 4.21. The Morgan fingerprint density at radius 3 is 2.50 bits per heavy atom. The van der Waals surface area contributed by atoms with Crippen molar-refractivity contribution in [2.45, 2.75) is 39.0 Å². The Bertz CT molecular complexity index is 1050. The van der Waals surface area contributed by atoms with Crippen LogP contribution in [0.5, 0.6) is 0 Å². The van der Waals surface area contributed by atoms with Crippen molar-refractivity contribution in [2.75, 3.05) is 13.1 Å². The second kappa shape index (κ2) is 8.67. The molecule has 2 aromatic carbocycles. The fourth-order valence-corrected chi connectivity index (χ4v) is 3.85. The van der Waals surface area contributed by atoms with Gasteiger partial charge in [0, 0.05) is 25.2 Å². The number of aliphatic hydroxyl groups is 1. The maximum atomic E-state index is 12.5. The molecule has 3 aromatic rings. The van der Waals surface area contributed by atoms with Gasteiger partial charge < -0.3 is 19.9 Å². The number of nitrogens with zero attached hydrogens (tertiary/aromatic N) is 3. The molecule has 1 fully saturated rings. The molecule has 1 aliphatic heterocycles. The van der Waals surface area contributed by atoms with Crippen LogP contribution in [0.1, 0.15) is 47.6 Å². The number of imidazole rings is 1. The Hall–Kier alpha value is -3.19. The van der Waals surface area contributed by atoms with Crippen LogP contribution in [0.4, 0.5) is 0 Å². The Morgan fingerprint density at radius 2 is 1.80 bits per heavy atom. The summed E-state index contributed by atoms with van der Waals surface area (Å²) in [6.07, 6.45) is 1.36. The molecule has 0 saturated carbocycles. The number of hydrogen-bond acceptors (Lipinski definition) is 4. The third-order valence-corrected chi connectivity index (χ3v) is 5.44. The molecule has 4 rings (SSSR count). The van der Waals surface area contributed by atoms with E-state index in [1.807, 2.05) is 53.4 Å². The molecule has 2 heterocycles. The van der Waals surface area contributed by atoms with Gasteiger partial charge in [-0.15, -0.1) is 0 Å². The Kier molecular flexibility index (Phi) is 5.81. The molecule has 30 heavy (non-hydrogen) atoms. The molecular weight excluding hydrogens is 380 g/mol. The van der Waals surface area contributed by atoms with E-state index in [-0.39, 0.29) is 18.4 Å². The highest BCUT2D eigenvalue weighted by Crippen LogP contribution is 2.20. The van der Waals surface area contributed by atoms with Gasteiger partial charge in [-0.3, -0.25) is 9.59 Å². The lowest BCUT2D eigenvalue weighted by atomic mass is 10.1. The maximum absolute atomic E-state index is 12.5. The van der Waals surface area contributed by atoms with Crippen molar-refractivity contribution < 1.29 is 14.7 Å². The zero-order valence-electron chi connectivity index (χ0n) is 17.0. The van der Waals surface area contributed by atoms with Gasteiger partial charge in [0.05, 0.1) is 11.0 Å². The van der Waals surface area contributed by atoms with Gasteiger partial charge in [0.2, 0.25) is 5.91 Å². The third-order valence-electron chi connectivity index (χ3n) is 5.44. The molecule has 0 spiro atoms. The molecule has 2 N–H and O–H groups in total. The summed E-state index contributed by atoms with van der Waals surface area (Å²) >= 11 is 0. The normalized spacial score (nSPS) is 14.8. The monoisotopic (exact) mass is 406 g/mol. The molecule has 0 aliphatic carbocycles. The van der Waals surface area contributed by atoms with Crippen LogP contribution in [-0.4, -0.2) is 44.5 Å². The standard InChI is InChI=1S/C23H26N4O3/c1-16(28)22-25-19-6-2-3-7-20(19)27(22)15-21(29)24-14-17-8-10-18(11-9-17)23(30)26-12-4-5-13-26/h2-3,6-11,16,28H,4-5,12-15H2,1H3,(H,24,29). The number of amides is 2. The molecule has 0 bridgehead atoms. The summed E-state index contributed by atoms with van der Waals surface area (Å²) in [5.74, 6) is 0.370. The van der Waals surface area contributed by atoms with E-state index in [1.165, 1.54) is 0 Å². The van der Waals surface area contributed by atoms with Crippen LogP contribution in [0.15, 0.2) is 48.5 Å². The van der Waals surface area contributed by atoms with Crippen molar-refractivity contribution >= 4 is 22.8 Å². The van der Waals surface area contributed by atoms with Crippen LogP contribution >= 0.6 is 0 Å². The number of carbonyl (C=O) groups is 2. The van der Waals surface area contributed by atoms with Gasteiger partial charge in [0.25, 0.3) is 5.91 Å². The topological polar surface area (TPSA) is 87.5 Å². The number of aliphatic hydroxyl groups excluding tert-OH is 1. The first-order valence-electron chi connectivity index (χ1n) is 10.3. The van der Waals surface area contributed by atoms with Crippen LogP contribution in [-0.2, 0) is 17.9 Å². The van der Waals surface area contributed by atoms with Crippen molar-refractivity contribution in [3.63, 3.8) is 0 Å². The minimum Gasteiger partial charge on any atom is -0.385 e. The molecule has 1 aliphatic rings. The summed E-state index contributed by atoms with van der Waals surface area (Å²) < 4.78 is 1.74. The quantitative estimate of drug-likeness (QED) is 0.659. The fourth-order valence-electron chi connectivity index (χ4n) is 3.85. The summed E-state index contributed by atoms with van der Waals surface area (Å²) in [5.41, 5.74) is 3.17. The summed E-state index contributed by atoms with van der Waals surface area (Å²) in [7, 11) is 0. The fraction of sp³-hybridized carbons (Fsp3) is 0.348. The highest BCUT2D eigenvalue weighted by atomic mass is 16.3. The Morgan fingerprint density at radius 1 is 1.10 bits per heavy atom. The van der Waals surface area contributed by atoms with Crippen LogP contribution in [0.3, 0.4) is 0 Å². The molecule has 1 aromatic heterocycles. The highest BCUT2D eigenvalue weighted by molar-refractivity contribution is 5.94. The number of hydrogen-bond donors (Lipinski definition) is 2. The SMILES string of the molecule is CC(O)c1nc2ccccc2n1CC(=O)NCc1ccc(C(=O)N2CCCC2)cc1. The zero-order valence-corrected chi connectivity index (χ0v) is 17.0. The van der Waals surface area contributed by atoms with Gasteiger partial charge in [-0.25, -0.2) is 4.98 Å². The number of rotatable bonds is 6. The second-order valence-electron chi connectivity index (χ2n) is 7.69. The first-order chi connectivity index (χ1) is 14.5. The lowest BCUT2D eigenvalue weighted by Crippen LogP contribution is -2.28. The van der Waals surface area contributed by atoms with E-state index in [1.54, 1.807) is 11.5 Å². The highest BCUT2D eigenvalue weighted by Gasteiger charge is 2.19. The van der Waals surface area contributed by atoms with Crippen molar-refractivity contribution in [1.82, 2.24) is 19.8 Å². The number of nitrogens with one attached hydrogen (secondary N) is 1. The number of carbonyl (C=O) groups excluding carboxylic acids is 2. The first kappa shape index (κ1) is 20.1. The van der Waals surface area contributed by atoms with Crippen LogP contribution in [0.25, 0.3) is 11.0 Å². The van der Waals surface area contributed by atoms with Gasteiger partial charge in [-0.05, 0) is 49.6 Å². The van der Waals surface area contributed by atoms with Crippen LogP contribution in [0, 0.1) is 0 Å². The molecule has 1 atom stereocenters. The summed E-state index contributed by atoms with van der Waals surface area (Å²) in [4.78, 5) is 31.3.